The highest BCUT2D eigenvalue weighted by molar-refractivity contribution is 8.03. The number of thioether (sulfide) groups is 1. The van der Waals surface area contributed by atoms with Crippen molar-refractivity contribution in [3.63, 3.8) is 0 Å². The predicted molar refractivity (Wildman–Crippen MR) is 33.9 cm³/mol. The molecule has 0 unspecified atom stereocenters. The minimum atomic E-state index is 1.00. The Hall–Kier alpha value is -0.370. The SMILES string of the molecule is C=CC1=CNCS1. The molecule has 0 fully saturated rings. The van der Waals surface area contributed by atoms with Gasteiger partial charge in [0, 0.05) is 11.1 Å². The van der Waals surface area contributed by atoms with Gasteiger partial charge in [-0.3, -0.25) is 0 Å². The van der Waals surface area contributed by atoms with Crippen molar-refractivity contribution >= 4 is 11.8 Å². The summed E-state index contributed by atoms with van der Waals surface area (Å²) < 4.78 is 0. The first-order valence-corrected chi connectivity index (χ1v) is 3.11. The monoisotopic (exact) mass is 113 g/mol. The first-order valence-electron chi connectivity index (χ1n) is 2.12. The van der Waals surface area contributed by atoms with Gasteiger partial charge in [-0.05, 0) is 0 Å². The van der Waals surface area contributed by atoms with Crippen LogP contribution in [0, 0.1) is 0 Å². The first kappa shape index (κ1) is 4.78. The van der Waals surface area contributed by atoms with Crippen molar-refractivity contribution in [3.05, 3.63) is 23.8 Å². The predicted octanol–water partition coefficient (Wildman–Crippen LogP) is 1.31. The minimum Gasteiger partial charge on any atom is -0.381 e. The highest BCUT2D eigenvalue weighted by Gasteiger charge is 1.96. The molecule has 1 rings (SSSR count). The summed E-state index contributed by atoms with van der Waals surface area (Å²) in [6.45, 7) is 3.61. The molecular weight excluding hydrogens is 106 g/mol. The lowest BCUT2D eigenvalue weighted by molar-refractivity contribution is 1.08. The third kappa shape index (κ3) is 0.996. The quantitative estimate of drug-likeness (QED) is 0.550. The Morgan fingerprint density at radius 3 is 3.14 bits per heavy atom. The third-order valence-electron chi connectivity index (χ3n) is 0.768. The fraction of sp³-hybridized carbons (Fsp3) is 0.200. The van der Waals surface area contributed by atoms with Gasteiger partial charge in [0.15, 0.2) is 0 Å². The van der Waals surface area contributed by atoms with Gasteiger partial charge in [0.05, 0.1) is 5.88 Å². The Morgan fingerprint density at radius 1 is 2.00 bits per heavy atom. The first-order chi connectivity index (χ1) is 3.43. The average Bonchev–Trinajstić information content (AvgIpc) is 2.14. The van der Waals surface area contributed by atoms with Gasteiger partial charge < -0.3 is 5.32 Å². The van der Waals surface area contributed by atoms with E-state index in [0.717, 1.165) is 5.88 Å². The van der Waals surface area contributed by atoms with Crippen LogP contribution in [0.25, 0.3) is 0 Å². The highest BCUT2D eigenvalue weighted by Crippen LogP contribution is 2.17. The third-order valence-corrected chi connectivity index (χ3v) is 1.70. The maximum absolute atomic E-state index is 3.61. The molecule has 0 aliphatic carbocycles. The van der Waals surface area contributed by atoms with Crippen LogP contribution in [0.2, 0.25) is 0 Å². The molecule has 0 saturated heterocycles. The summed E-state index contributed by atoms with van der Waals surface area (Å²) in [7, 11) is 0. The molecule has 1 N–H and O–H groups in total. The maximum Gasteiger partial charge on any atom is 0.0652 e. The van der Waals surface area contributed by atoms with Crippen LogP contribution < -0.4 is 5.32 Å². The molecule has 0 saturated carbocycles. The molecule has 0 aromatic heterocycles. The van der Waals surface area contributed by atoms with E-state index in [9.17, 15) is 0 Å². The number of nitrogens with one attached hydrogen (secondary N) is 1. The van der Waals surface area contributed by atoms with E-state index in [-0.39, 0.29) is 0 Å². The number of rotatable bonds is 1. The van der Waals surface area contributed by atoms with Gasteiger partial charge >= 0.3 is 0 Å². The summed E-state index contributed by atoms with van der Waals surface area (Å²) in [5.74, 6) is 1.00. The van der Waals surface area contributed by atoms with Crippen LogP contribution in [-0.2, 0) is 0 Å². The van der Waals surface area contributed by atoms with Crippen LogP contribution in [0.15, 0.2) is 23.8 Å². The Labute approximate surface area is 47.5 Å². The van der Waals surface area contributed by atoms with Gasteiger partial charge in [0.1, 0.15) is 0 Å². The van der Waals surface area contributed by atoms with Crippen LogP contribution in [0.5, 0.6) is 0 Å². The van der Waals surface area contributed by atoms with E-state index in [0.29, 0.717) is 0 Å². The lowest BCUT2D eigenvalue weighted by atomic mass is 10.6. The molecular formula is C5H7NS. The molecule has 1 heterocycles. The summed E-state index contributed by atoms with van der Waals surface area (Å²) in [5.41, 5.74) is 0. The summed E-state index contributed by atoms with van der Waals surface area (Å²) in [6.07, 6.45) is 3.82. The van der Waals surface area contributed by atoms with E-state index in [1.807, 2.05) is 12.3 Å². The normalized spacial score (nSPS) is 18.0. The smallest absolute Gasteiger partial charge is 0.0652 e. The number of hydrogen-bond acceptors (Lipinski definition) is 2. The molecule has 0 spiro atoms. The van der Waals surface area contributed by atoms with E-state index in [4.69, 9.17) is 0 Å². The van der Waals surface area contributed by atoms with Crippen LogP contribution in [0.3, 0.4) is 0 Å². The molecule has 0 atom stereocenters. The lowest BCUT2D eigenvalue weighted by Gasteiger charge is -1.81. The fourth-order valence-corrected chi connectivity index (χ4v) is 1.04. The van der Waals surface area contributed by atoms with Gasteiger partial charge in [-0.25, -0.2) is 0 Å². The van der Waals surface area contributed by atoms with Crippen LogP contribution >= 0.6 is 11.8 Å². The summed E-state index contributed by atoms with van der Waals surface area (Å²) in [6, 6.07) is 0. The molecule has 0 aromatic carbocycles. The molecule has 38 valence electrons. The van der Waals surface area contributed by atoms with Gasteiger partial charge in [0.25, 0.3) is 0 Å². The Bertz CT molecular complexity index is 107. The molecule has 7 heavy (non-hydrogen) atoms. The second-order valence-corrected chi connectivity index (χ2v) is 2.29. The second-order valence-electron chi connectivity index (χ2n) is 1.24. The summed E-state index contributed by atoms with van der Waals surface area (Å²) >= 11 is 1.77. The molecule has 0 aromatic rings. The van der Waals surface area contributed by atoms with Gasteiger partial charge in [-0.1, -0.05) is 12.7 Å². The van der Waals surface area contributed by atoms with Crippen LogP contribution in [0.1, 0.15) is 0 Å². The molecule has 1 aliphatic rings. The van der Waals surface area contributed by atoms with E-state index in [2.05, 4.69) is 11.9 Å². The lowest BCUT2D eigenvalue weighted by Crippen LogP contribution is -1.93. The van der Waals surface area contributed by atoms with E-state index >= 15 is 0 Å². The molecule has 1 nitrogen and oxygen atoms in total. The summed E-state index contributed by atoms with van der Waals surface area (Å²) in [5, 5.41) is 3.05. The largest absolute Gasteiger partial charge is 0.381 e. The van der Waals surface area contributed by atoms with Gasteiger partial charge in [-0.2, -0.15) is 0 Å². The van der Waals surface area contributed by atoms with Crippen molar-refractivity contribution < 1.29 is 0 Å². The molecule has 0 radical (unpaired) electrons. The second kappa shape index (κ2) is 2.07. The minimum absolute atomic E-state index is 1.00. The van der Waals surface area contributed by atoms with E-state index < -0.39 is 0 Å². The van der Waals surface area contributed by atoms with Crippen molar-refractivity contribution in [2.24, 2.45) is 0 Å². The van der Waals surface area contributed by atoms with Crippen molar-refractivity contribution in [1.29, 1.82) is 0 Å². The van der Waals surface area contributed by atoms with E-state index in [1.165, 1.54) is 4.91 Å². The zero-order valence-electron chi connectivity index (χ0n) is 3.98. The van der Waals surface area contributed by atoms with Crippen molar-refractivity contribution in [2.45, 2.75) is 0 Å². The molecule has 0 bridgehead atoms. The van der Waals surface area contributed by atoms with Crippen LogP contribution in [0.4, 0.5) is 0 Å². The standard InChI is InChI=1S/C5H7NS/c1-2-5-3-6-4-7-5/h2-3,6H,1,4H2. The number of allylic oxidation sites excluding steroid dienone is 1. The van der Waals surface area contributed by atoms with Crippen molar-refractivity contribution in [3.8, 4) is 0 Å². The molecule has 0 amide bonds. The fourth-order valence-electron chi connectivity index (χ4n) is 0.427. The van der Waals surface area contributed by atoms with Gasteiger partial charge in [0.2, 0.25) is 0 Å². The van der Waals surface area contributed by atoms with Crippen LogP contribution in [-0.4, -0.2) is 5.88 Å². The average molecular weight is 113 g/mol. The Balaban J connectivity index is 2.51. The zero-order chi connectivity index (χ0) is 5.11. The Kier molecular flexibility index (Phi) is 1.42. The van der Waals surface area contributed by atoms with Crippen molar-refractivity contribution in [1.82, 2.24) is 5.32 Å². The Morgan fingerprint density at radius 2 is 2.86 bits per heavy atom. The zero-order valence-corrected chi connectivity index (χ0v) is 4.79. The van der Waals surface area contributed by atoms with Crippen molar-refractivity contribution in [2.75, 3.05) is 5.88 Å². The molecule has 1 aliphatic heterocycles. The number of hydrogen-bond donors (Lipinski definition) is 1. The molecule has 2 heteroatoms. The van der Waals surface area contributed by atoms with Gasteiger partial charge in [-0.15, -0.1) is 11.8 Å². The topological polar surface area (TPSA) is 12.0 Å². The summed E-state index contributed by atoms with van der Waals surface area (Å²) in [4.78, 5) is 1.24. The van der Waals surface area contributed by atoms with E-state index in [1.54, 1.807) is 11.8 Å². The maximum atomic E-state index is 3.61. The highest BCUT2D eigenvalue weighted by atomic mass is 32.2.